The number of esters is 2. The summed E-state index contributed by atoms with van der Waals surface area (Å²) in [4.78, 5) is 40.3. The number of rotatable bonds is 9. The number of nitrogens with one attached hydrogen (secondary N) is 2. The number of methoxy groups -OCH3 is 1. The number of hydrogen-bond acceptors (Lipinski definition) is 7. The van der Waals surface area contributed by atoms with Gasteiger partial charge >= 0.3 is 11.9 Å². The number of carbonyl (C=O) groups is 3. The zero-order valence-corrected chi connectivity index (χ0v) is 20.6. The van der Waals surface area contributed by atoms with Crippen LogP contribution in [0.4, 0.5) is 0 Å². The molecule has 0 amide bonds. The summed E-state index contributed by atoms with van der Waals surface area (Å²) in [6, 6.07) is 14.4. The summed E-state index contributed by atoms with van der Waals surface area (Å²) in [6.07, 6.45) is -1.19. The Bertz CT molecular complexity index is 1360. The van der Waals surface area contributed by atoms with Crippen molar-refractivity contribution in [3.63, 3.8) is 0 Å². The topological polar surface area (TPSA) is 132 Å². The summed E-state index contributed by atoms with van der Waals surface area (Å²) in [5.41, 5.74) is 1.97. The number of carbonyl (C=O) groups excluding carboxylic acids is 3. The SMILES string of the molecule is COC(=O)c1c(C)[nH]c(C(=O)C(C)OC(=O)c2cccc(S(=O)(=O)NCc3ccccc3)c2)c1C. The van der Waals surface area contributed by atoms with Gasteiger partial charge in [-0.25, -0.2) is 22.7 Å². The Morgan fingerprint density at radius 2 is 1.69 bits per heavy atom. The van der Waals surface area contributed by atoms with Gasteiger partial charge in [0.05, 0.1) is 28.8 Å². The molecule has 1 unspecified atom stereocenters. The number of aryl methyl sites for hydroxylation is 1. The molecule has 1 atom stereocenters. The van der Waals surface area contributed by atoms with Gasteiger partial charge in [-0.15, -0.1) is 0 Å². The van der Waals surface area contributed by atoms with Gasteiger partial charge in [0, 0.05) is 12.2 Å². The number of sulfonamides is 1. The number of aromatic nitrogens is 1. The van der Waals surface area contributed by atoms with Gasteiger partial charge in [0.1, 0.15) is 0 Å². The van der Waals surface area contributed by atoms with E-state index in [0.29, 0.717) is 11.3 Å². The molecule has 10 heteroatoms. The number of ketones is 1. The molecule has 3 aromatic rings. The van der Waals surface area contributed by atoms with Gasteiger partial charge in [-0.05, 0) is 50.1 Å². The fraction of sp³-hybridized carbons (Fsp3) is 0.240. The van der Waals surface area contributed by atoms with E-state index in [1.54, 1.807) is 38.1 Å². The van der Waals surface area contributed by atoms with Crippen molar-refractivity contribution in [2.45, 2.75) is 38.3 Å². The second-order valence-corrected chi connectivity index (χ2v) is 9.63. The highest BCUT2D eigenvalue weighted by atomic mass is 32.2. The van der Waals surface area contributed by atoms with Crippen LogP contribution in [-0.2, 0) is 26.0 Å². The molecule has 35 heavy (non-hydrogen) atoms. The smallest absolute Gasteiger partial charge is 0.339 e. The minimum atomic E-state index is -3.89. The summed E-state index contributed by atoms with van der Waals surface area (Å²) in [7, 11) is -2.65. The van der Waals surface area contributed by atoms with Crippen LogP contribution in [0.1, 0.15) is 54.9 Å². The van der Waals surface area contributed by atoms with E-state index in [0.717, 1.165) is 5.56 Å². The average Bonchev–Trinajstić information content (AvgIpc) is 3.16. The summed E-state index contributed by atoms with van der Waals surface area (Å²) in [5.74, 6) is -1.98. The Morgan fingerprint density at radius 3 is 2.34 bits per heavy atom. The predicted octanol–water partition coefficient (Wildman–Crippen LogP) is 3.32. The Balaban J connectivity index is 1.73. The highest BCUT2D eigenvalue weighted by Gasteiger charge is 2.28. The molecule has 0 aliphatic rings. The van der Waals surface area contributed by atoms with E-state index >= 15 is 0 Å². The quantitative estimate of drug-likeness (QED) is 0.342. The summed E-state index contributed by atoms with van der Waals surface area (Å²) >= 11 is 0. The van der Waals surface area contributed by atoms with Crippen molar-refractivity contribution >= 4 is 27.7 Å². The van der Waals surface area contributed by atoms with Crippen LogP contribution in [0.5, 0.6) is 0 Å². The Kier molecular flexibility index (Phi) is 7.88. The molecular weight excluding hydrogens is 472 g/mol. The largest absolute Gasteiger partial charge is 0.465 e. The number of hydrogen-bond donors (Lipinski definition) is 2. The molecule has 2 aromatic carbocycles. The lowest BCUT2D eigenvalue weighted by molar-refractivity contribution is 0.0316. The van der Waals surface area contributed by atoms with Crippen molar-refractivity contribution in [2.24, 2.45) is 0 Å². The number of benzene rings is 2. The first-order valence-corrected chi connectivity index (χ1v) is 12.2. The van der Waals surface area contributed by atoms with Crippen LogP contribution in [0.2, 0.25) is 0 Å². The minimum Gasteiger partial charge on any atom is -0.465 e. The standard InChI is InChI=1S/C25H26N2O7S/c1-15-21(25(30)33-4)16(2)27-22(15)23(28)17(3)34-24(29)19-11-8-12-20(13-19)35(31,32)26-14-18-9-6-5-7-10-18/h5-13,17,26-27H,14H2,1-4H3. The first kappa shape index (κ1) is 25.9. The first-order valence-electron chi connectivity index (χ1n) is 10.7. The van der Waals surface area contributed by atoms with Crippen molar-refractivity contribution < 1.29 is 32.3 Å². The van der Waals surface area contributed by atoms with Crippen LogP contribution in [0.3, 0.4) is 0 Å². The van der Waals surface area contributed by atoms with Crippen LogP contribution in [-0.4, -0.2) is 44.3 Å². The van der Waals surface area contributed by atoms with E-state index in [-0.39, 0.29) is 28.3 Å². The zero-order valence-electron chi connectivity index (χ0n) is 19.7. The molecular formula is C25H26N2O7S. The Hall–Kier alpha value is -3.76. The van der Waals surface area contributed by atoms with Crippen molar-refractivity contribution in [1.29, 1.82) is 0 Å². The second-order valence-electron chi connectivity index (χ2n) is 7.87. The predicted molar refractivity (Wildman–Crippen MR) is 128 cm³/mol. The van der Waals surface area contributed by atoms with Crippen molar-refractivity contribution in [3.8, 4) is 0 Å². The first-order chi connectivity index (χ1) is 16.5. The van der Waals surface area contributed by atoms with E-state index in [1.165, 1.54) is 38.3 Å². The maximum atomic E-state index is 12.9. The van der Waals surface area contributed by atoms with Crippen LogP contribution in [0.25, 0.3) is 0 Å². The fourth-order valence-corrected chi connectivity index (χ4v) is 4.60. The van der Waals surface area contributed by atoms with Gasteiger partial charge in [-0.1, -0.05) is 36.4 Å². The lowest BCUT2D eigenvalue weighted by atomic mass is 10.1. The molecule has 1 heterocycles. The molecule has 0 saturated carbocycles. The molecule has 0 radical (unpaired) electrons. The van der Waals surface area contributed by atoms with E-state index in [4.69, 9.17) is 9.47 Å². The average molecular weight is 499 g/mol. The third-order valence-electron chi connectivity index (χ3n) is 5.42. The molecule has 0 spiro atoms. The Labute approximate surface area is 203 Å². The summed E-state index contributed by atoms with van der Waals surface area (Å²) in [5, 5.41) is 0. The van der Waals surface area contributed by atoms with Crippen molar-refractivity contribution in [2.75, 3.05) is 7.11 Å². The van der Waals surface area contributed by atoms with E-state index in [9.17, 15) is 22.8 Å². The Morgan fingerprint density at radius 1 is 1.00 bits per heavy atom. The molecule has 1 aromatic heterocycles. The van der Waals surface area contributed by atoms with Gasteiger partial charge in [-0.3, -0.25) is 4.79 Å². The van der Waals surface area contributed by atoms with Gasteiger partial charge in [0.15, 0.2) is 6.10 Å². The summed E-state index contributed by atoms with van der Waals surface area (Å²) < 4.78 is 37.9. The molecule has 2 N–H and O–H groups in total. The molecule has 0 aliphatic carbocycles. The highest BCUT2D eigenvalue weighted by Crippen LogP contribution is 2.21. The lowest BCUT2D eigenvalue weighted by Gasteiger charge is -2.13. The summed E-state index contributed by atoms with van der Waals surface area (Å²) in [6.45, 7) is 4.71. The van der Waals surface area contributed by atoms with Gasteiger partial charge in [0.25, 0.3) is 0 Å². The van der Waals surface area contributed by atoms with E-state index in [1.807, 2.05) is 6.07 Å². The molecule has 9 nitrogen and oxygen atoms in total. The van der Waals surface area contributed by atoms with Crippen LogP contribution < -0.4 is 4.72 Å². The maximum Gasteiger partial charge on any atom is 0.339 e. The fourth-order valence-electron chi connectivity index (χ4n) is 3.54. The molecule has 0 bridgehead atoms. The number of H-pyrrole nitrogens is 1. The lowest BCUT2D eigenvalue weighted by Crippen LogP contribution is -2.26. The number of aromatic amines is 1. The van der Waals surface area contributed by atoms with Crippen LogP contribution in [0.15, 0.2) is 59.5 Å². The normalized spacial score (nSPS) is 12.1. The third-order valence-corrected chi connectivity index (χ3v) is 6.81. The van der Waals surface area contributed by atoms with Crippen molar-refractivity contribution in [3.05, 3.63) is 88.2 Å². The van der Waals surface area contributed by atoms with Gasteiger partial charge in [0.2, 0.25) is 15.8 Å². The third kappa shape index (κ3) is 5.84. The maximum absolute atomic E-state index is 12.9. The van der Waals surface area contributed by atoms with Gasteiger partial charge < -0.3 is 14.5 Å². The molecule has 0 aliphatic heterocycles. The van der Waals surface area contributed by atoms with Crippen LogP contribution >= 0.6 is 0 Å². The van der Waals surface area contributed by atoms with E-state index in [2.05, 4.69) is 9.71 Å². The molecule has 0 fully saturated rings. The van der Waals surface area contributed by atoms with Crippen LogP contribution in [0, 0.1) is 13.8 Å². The zero-order chi connectivity index (χ0) is 25.8. The molecule has 184 valence electrons. The van der Waals surface area contributed by atoms with Gasteiger partial charge in [-0.2, -0.15) is 0 Å². The second kappa shape index (κ2) is 10.7. The molecule has 3 rings (SSSR count). The number of ether oxygens (including phenoxy) is 2. The monoisotopic (exact) mass is 498 g/mol. The molecule has 0 saturated heterocycles. The number of Topliss-reactive ketones (excluding diaryl/α,β-unsaturated/α-hetero) is 1. The van der Waals surface area contributed by atoms with Crippen molar-refractivity contribution in [1.82, 2.24) is 9.71 Å². The highest BCUT2D eigenvalue weighted by molar-refractivity contribution is 7.89. The minimum absolute atomic E-state index is 0.0260. The van der Waals surface area contributed by atoms with E-state index < -0.39 is 33.8 Å².